The Balaban J connectivity index is 1.58. The molecule has 2 aliphatic rings. The van der Waals surface area contributed by atoms with Gasteiger partial charge < -0.3 is 25.2 Å². The first kappa shape index (κ1) is 53.5. The van der Waals surface area contributed by atoms with E-state index in [0.29, 0.717) is 47.8 Å². The number of hydrogen-bond acceptors (Lipinski definition) is 13. The van der Waals surface area contributed by atoms with Crippen molar-refractivity contribution in [2.24, 2.45) is 4.99 Å². The van der Waals surface area contributed by atoms with Gasteiger partial charge in [0.2, 0.25) is 17.7 Å². The molecule has 5 amide bonds. The van der Waals surface area contributed by atoms with Crippen LogP contribution in [0.3, 0.4) is 0 Å². The number of unbranched alkanes of at least 4 members (excludes halogenated alkanes) is 13. The molecule has 360 valence electrons. The maximum absolute atomic E-state index is 13.9. The highest BCUT2D eigenvalue weighted by Gasteiger charge is 2.34. The first-order valence-electron chi connectivity index (χ1n) is 23.4. The second kappa shape index (κ2) is 28.9. The lowest BCUT2D eigenvalue weighted by Crippen LogP contribution is -2.60. The molecule has 7 N–H and O–H groups in total. The zero-order valence-electron chi connectivity index (χ0n) is 38.5. The summed E-state index contributed by atoms with van der Waals surface area (Å²) in [5.74, 6) is -3.20. The molecule has 1 aromatic carbocycles. The number of carbonyl (C=O) groups excluding carboxylic acids is 6. The number of nitrogens with one attached hydrogen (secondary N) is 4. The van der Waals surface area contributed by atoms with E-state index in [1.54, 1.807) is 39.0 Å². The fourth-order valence-corrected chi connectivity index (χ4v) is 7.42. The third-order valence-electron chi connectivity index (χ3n) is 11.1. The smallest absolute Gasteiger partial charge is 0.409 e. The monoisotopic (exact) mass is 902 g/mol. The molecule has 2 aliphatic heterocycles. The molecule has 3 rings (SSSR count). The third-order valence-corrected chi connectivity index (χ3v) is 11.1. The maximum atomic E-state index is 13.9. The second-order valence-corrected chi connectivity index (χ2v) is 17.8. The molecule has 0 aliphatic carbocycles. The van der Waals surface area contributed by atoms with Crippen LogP contribution in [-0.4, -0.2) is 123 Å². The first-order valence-corrected chi connectivity index (χ1v) is 23.4. The summed E-state index contributed by atoms with van der Waals surface area (Å²) in [6, 6.07) is 3.07. The zero-order valence-corrected chi connectivity index (χ0v) is 38.5. The molecule has 1 saturated heterocycles. The van der Waals surface area contributed by atoms with E-state index in [-0.39, 0.29) is 56.5 Å². The van der Waals surface area contributed by atoms with E-state index in [1.165, 1.54) is 63.9 Å². The van der Waals surface area contributed by atoms with Crippen molar-refractivity contribution in [3.05, 3.63) is 29.8 Å². The van der Waals surface area contributed by atoms with Gasteiger partial charge in [-0.3, -0.25) is 45.0 Å². The molecule has 2 heterocycles. The first-order chi connectivity index (χ1) is 30.6. The number of hydrogen-bond donors (Lipinski definition) is 7. The van der Waals surface area contributed by atoms with Crippen LogP contribution in [0, 0.1) is 0 Å². The Bertz CT molecular complexity index is 1670. The maximum Gasteiger partial charge on any atom is 0.409 e. The highest BCUT2D eigenvalue weighted by atomic mass is 16.6. The normalized spacial score (nSPS) is 17.4. The molecule has 18 nitrogen and oxygen atoms in total. The molecule has 64 heavy (non-hydrogen) atoms. The highest BCUT2D eigenvalue weighted by Crippen LogP contribution is 2.21. The van der Waals surface area contributed by atoms with Crippen LogP contribution in [0.2, 0.25) is 0 Å². The Hall–Kier alpha value is -4.81. The topological polar surface area (TPSA) is 249 Å². The van der Waals surface area contributed by atoms with E-state index in [0.717, 1.165) is 19.3 Å². The van der Waals surface area contributed by atoms with Gasteiger partial charge in [0.25, 0.3) is 11.8 Å². The van der Waals surface area contributed by atoms with E-state index in [9.17, 15) is 44.3 Å². The summed E-state index contributed by atoms with van der Waals surface area (Å²) in [6.07, 6.45) is 15.0. The average Bonchev–Trinajstić information content (AvgIpc) is 3.69. The molecule has 0 bridgehead atoms. The van der Waals surface area contributed by atoms with Crippen LogP contribution in [0.15, 0.2) is 29.3 Å². The summed E-state index contributed by atoms with van der Waals surface area (Å²) >= 11 is 0. The summed E-state index contributed by atoms with van der Waals surface area (Å²) < 4.78 is 10.9. The number of aromatic hydroxyl groups is 1. The lowest BCUT2D eigenvalue weighted by molar-refractivity contribution is -0.167. The summed E-state index contributed by atoms with van der Waals surface area (Å²) in [7, 11) is 0. The van der Waals surface area contributed by atoms with Gasteiger partial charge in [0.05, 0.1) is 18.2 Å². The summed E-state index contributed by atoms with van der Waals surface area (Å²) in [4.78, 5) is 83.4. The van der Waals surface area contributed by atoms with Crippen LogP contribution in [0.1, 0.15) is 162 Å². The van der Waals surface area contributed by atoms with Gasteiger partial charge in [0.1, 0.15) is 24.0 Å². The van der Waals surface area contributed by atoms with Crippen LogP contribution < -0.4 is 21.3 Å². The van der Waals surface area contributed by atoms with Gasteiger partial charge in [-0.15, -0.1) is 0 Å². The van der Waals surface area contributed by atoms with Crippen molar-refractivity contribution in [1.29, 1.82) is 0 Å². The predicted octanol–water partition coefficient (Wildman–Crippen LogP) is 5.79. The average molecular weight is 902 g/mol. The number of hydroxylamine groups is 4. The van der Waals surface area contributed by atoms with Gasteiger partial charge in [-0.25, -0.2) is 19.9 Å². The van der Waals surface area contributed by atoms with Gasteiger partial charge >= 0.3 is 6.09 Å². The Morgan fingerprint density at radius 1 is 0.906 bits per heavy atom. The van der Waals surface area contributed by atoms with Crippen molar-refractivity contribution in [3.8, 4) is 5.75 Å². The number of Topliss-reactive ketones (excluding diaryl/α,β-unsaturated/α-hetero) is 1. The van der Waals surface area contributed by atoms with Crippen molar-refractivity contribution in [2.45, 2.75) is 186 Å². The lowest BCUT2D eigenvalue weighted by Gasteiger charge is -2.26. The molecular formula is C46H75N7O11. The fraction of sp³-hybridized carbons (Fsp3) is 0.717. The fourth-order valence-electron chi connectivity index (χ4n) is 7.42. The van der Waals surface area contributed by atoms with Gasteiger partial charge in [-0.2, -0.15) is 0 Å². The van der Waals surface area contributed by atoms with Crippen molar-refractivity contribution in [2.75, 3.05) is 26.2 Å². The Morgan fingerprint density at radius 3 is 2.19 bits per heavy atom. The summed E-state index contributed by atoms with van der Waals surface area (Å²) in [5, 5.41) is 42.4. The van der Waals surface area contributed by atoms with Gasteiger partial charge in [-0.1, -0.05) is 96.1 Å². The molecule has 0 aromatic heterocycles. The number of para-hydroxylation sites is 1. The lowest BCUT2D eigenvalue weighted by atomic mass is 10.0. The molecular weight excluding hydrogens is 827 g/mol. The molecule has 4 atom stereocenters. The summed E-state index contributed by atoms with van der Waals surface area (Å²) in [6.45, 7) is 6.54. The number of benzene rings is 1. The number of amides is 5. The minimum absolute atomic E-state index is 0.0162. The van der Waals surface area contributed by atoms with E-state index in [4.69, 9.17) is 9.47 Å². The van der Waals surface area contributed by atoms with Gasteiger partial charge in [0, 0.05) is 19.5 Å². The number of aliphatic imine (C=N–C) groups is 1. The molecule has 0 spiro atoms. The molecule has 18 heteroatoms. The highest BCUT2D eigenvalue weighted by molar-refractivity contribution is 6.01. The Kier molecular flexibility index (Phi) is 24.1. The Labute approximate surface area is 378 Å². The quantitative estimate of drug-likeness (QED) is 0.0219. The molecule has 0 saturated carbocycles. The van der Waals surface area contributed by atoms with Crippen molar-refractivity contribution < 1.29 is 53.8 Å². The van der Waals surface area contributed by atoms with Crippen LogP contribution in [0.4, 0.5) is 4.79 Å². The number of nitrogens with zero attached hydrogens (tertiary/aromatic N) is 3. The van der Waals surface area contributed by atoms with E-state index in [1.807, 2.05) is 0 Å². The minimum atomic E-state index is -1.57. The van der Waals surface area contributed by atoms with E-state index in [2.05, 4.69) is 33.2 Å². The third kappa shape index (κ3) is 20.4. The number of carbonyl (C=O) groups is 6. The van der Waals surface area contributed by atoms with Crippen LogP contribution >= 0.6 is 0 Å². The Morgan fingerprint density at radius 2 is 1.55 bits per heavy atom. The SMILES string of the molecule is CCCCCCCCCCCCCCCC(=O)N(O)CCCC[C@H](NC(=O)[C@@H]1COC(c2ccccc2O)=N1)C(=O)CN[C@H](NC(=O)OC(C)(C)C)C(=O)N[C@H]1CCCCN(O)C1=O. The van der Waals surface area contributed by atoms with Crippen LogP contribution in [0.5, 0.6) is 5.75 Å². The second-order valence-electron chi connectivity index (χ2n) is 17.8. The van der Waals surface area contributed by atoms with Gasteiger partial charge in [0.15, 0.2) is 18.0 Å². The summed E-state index contributed by atoms with van der Waals surface area (Å²) in [5.41, 5.74) is -0.636. The van der Waals surface area contributed by atoms with Crippen LogP contribution in [0.25, 0.3) is 0 Å². The van der Waals surface area contributed by atoms with E-state index >= 15 is 0 Å². The molecule has 1 fully saturated rings. The number of alkyl carbamates (subject to hydrolysis) is 1. The molecule has 0 radical (unpaired) electrons. The van der Waals surface area contributed by atoms with Crippen molar-refractivity contribution in [3.63, 3.8) is 0 Å². The predicted molar refractivity (Wildman–Crippen MR) is 239 cm³/mol. The largest absolute Gasteiger partial charge is 0.507 e. The van der Waals surface area contributed by atoms with Crippen LogP contribution in [-0.2, 0) is 33.4 Å². The minimum Gasteiger partial charge on any atom is -0.507 e. The van der Waals surface area contributed by atoms with Crippen molar-refractivity contribution >= 4 is 41.4 Å². The molecule has 0 unspecified atom stereocenters. The number of ketones is 1. The van der Waals surface area contributed by atoms with Gasteiger partial charge in [-0.05, 0) is 77.8 Å². The molecule has 1 aromatic rings. The number of ether oxygens (including phenoxy) is 2. The standard InChI is InChI=1S/C46H75N7O11/c1-5-6-7-8-9-10-11-12-13-14-15-16-17-28-39(56)52(61)29-22-20-25-34(48-41(57)36-32-63-43(50-36)33-24-18-19-27-37(33)54)38(55)31-47-40(51-45(60)64-46(2,3)4)42(58)49-35-26-21-23-30-53(62)44(35)59/h18-19,24,27,34-36,40,47,54,61-62H,5-17,20-23,25-26,28-32H2,1-4H3,(H,48,57)(H,49,58)(H,51,60)/t34-,35-,36-,40+/m0/s1. The van der Waals surface area contributed by atoms with Crippen molar-refractivity contribution in [1.82, 2.24) is 31.4 Å². The number of phenols is 1. The number of rotatable bonds is 29. The zero-order chi connectivity index (χ0) is 46.9. The number of phenolic OH excluding ortho intramolecular Hbond substituents is 1. The van der Waals surface area contributed by atoms with E-state index < -0.39 is 66.0 Å².